The number of rotatable bonds is 4. The van der Waals surface area contributed by atoms with Gasteiger partial charge in [-0.15, -0.1) is 11.3 Å². The third-order valence-electron chi connectivity index (χ3n) is 4.36. The fraction of sp³-hybridized carbons (Fsp3) is 0.250. The van der Waals surface area contributed by atoms with Crippen molar-refractivity contribution in [1.82, 2.24) is 14.9 Å². The first-order chi connectivity index (χ1) is 12.8. The van der Waals surface area contributed by atoms with E-state index in [1.165, 1.54) is 11.3 Å². The van der Waals surface area contributed by atoms with Gasteiger partial charge in [0.25, 0.3) is 5.91 Å². The Bertz CT molecular complexity index is 867. The summed E-state index contributed by atoms with van der Waals surface area (Å²) in [7, 11) is 0. The average Bonchev–Trinajstić information content (AvgIpc) is 3.19. The lowest BCUT2D eigenvalue weighted by Crippen LogP contribution is -2.44. The van der Waals surface area contributed by atoms with E-state index in [0.29, 0.717) is 12.2 Å². The number of aromatic nitrogens is 2. The van der Waals surface area contributed by atoms with Crippen molar-refractivity contribution in [2.75, 3.05) is 13.1 Å². The van der Waals surface area contributed by atoms with Gasteiger partial charge in [-0.1, -0.05) is 30.3 Å². The molecule has 0 radical (unpaired) electrons. The fourth-order valence-electron chi connectivity index (χ4n) is 3.08. The Hall–Kier alpha value is -2.73. The number of nitrogens with zero attached hydrogens (tertiary/aromatic N) is 3. The Balaban J connectivity index is 1.44. The van der Waals surface area contributed by atoms with Crippen LogP contribution in [0, 0.1) is 0 Å². The third kappa shape index (κ3) is 3.75. The number of hydrogen-bond donors (Lipinski definition) is 0. The Kier molecular flexibility index (Phi) is 4.93. The van der Waals surface area contributed by atoms with Crippen LogP contribution in [0.3, 0.4) is 0 Å². The minimum atomic E-state index is -0.0218. The normalized spacial score (nSPS) is 17.1. The van der Waals surface area contributed by atoms with Gasteiger partial charge >= 0.3 is 0 Å². The Labute approximate surface area is 156 Å². The number of hydrogen-bond acceptors (Lipinski definition) is 5. The van der Waals surface area contributed by atoms with Gasteiger partial charge in [-0.25, -0.2) is 4.98 Å². The van der Waals surface area contributed by atoms with Gasteiger partial charge in [-0.2, -0.15) is 0 Å². The smallest absolute Gasteiger partial charge is 0.273 e. The quantitative estimate of drug-likeness (QED) is 0.704. The van der Waals surface area contributed by atoms with Gasteiger partial charge in [0.1, 0.15) is 22.6 Å². The standard InChI is InChI=1S/C20H19N3O2S/c24-20(18-14-26-19(22-18)15-5-2-1-3-6-15)23-12-4-7-17(13-23)25-16-8-10-21-11-9-16/h1-3,5-6,8-11,14,17H,4,7,12-13H2. The molecule has 6 heteroatoms. The number of benzene rings is 1. The molecule has 0 N–H and O–H groups in total. The van der Waals surface area contributed by atoms with E-state index in [1.54, 1.807) is 12.4 Å². The summed E-state index contributed by atoms with van der Waals surface area (Å²) in [6, 6.07) is 13.6. The summed E-state index contributed by atoms with van der Waals surface area (Å²) in [5.41, 5.74) is 1.55. The van der Waals surface area contributed by atoms with Crippen molar-refractivity contribution in [1.29, 1.82) is 0 Å². The van der Waals surface area contributed by atoms with Crippen LogP contribution in [0.25, 0.3) is 10.6 Å². The van der Waals surface area contributed by atoms with Crippen LogP contribution >= 0.6 is 11.3 Å². The number of carbonyl (C=O) groups excluding carboxylic acids is 1. The predicted molar refractivity (Wildman–Crippen MR) is 101 cm³/mol. The molecule has 1 atom stereocenters. The van der Waals surface area contributed by atoms with Crippen molar-refractivity contribution in [2.45, 2.75) is 18.9 Å². The summed E-state index contributed by atoms with van der Waals surface area (Å²) in [5.74, 6) is 0.769. The number of piperidine rings is 1. The molecular formula is C20H19N3O2S. The van der Waals surface area contributed by atoms with Crippen molar-refractivity contribution in [3.05, 3.63) is 65.9 Å². The first-order valence-electron chi connectivity index (χ1n) is 8.66. The molecule has 1 fully saturated rings. The van der Waals surface area contributed by atoms with Gasteiger partial charge in [-0.3, -0.25) is 9.78 Å². The van der Waals surface area contributed by atoms with Gasteiger partial charge in [0, 0.05) is 29.9 Å². The highest BCUT2D eigenvalue weighted by Gasteiger charge is 2.27. The molecule has 0 aliphatic carbocycles. The number of thiazole rings is 1. The van der Waals surface area contributed by atoms with Crippen LogP contribution in [-0.4, -0.2) is 40.0 Å². The number of likely N-dealkylation sites (tertiary alicyclic amines) is 1. The molecule has 3 heterocycles. The maximum absolute atomic E-state index is 12.8. The Morgan fingerprint density at radius 3 is 2.77 bits per heavy atom. The molecule has 5 nitrogen and oxygen atoms in total. The van der Waals surface area contributed by atoms with E-state index >= 15 is 0 Å². The summed E-state index contributed by atoms with van der Waals surface area (Å²) >= 11 is 1.50. The molecule has 3 aromatic rings. The van der Waals surface area contributed by atoms with E-state index in [1.807, 2.05) is 52.7 Å². The zero-order chi connectivity index (χ0) is 17.8. The highest BCUT2D eigenvalue weighted by molar-refractivity contribution is 7.13. The molecule has 132 valence electrons. The lowest BCUT2D eigenvalue weighted by atomic mass is 10.1. The van der Waals surface area contributed by atoms with E-state index < -0.39 is 0 Å². The molecule has 1 aliphatic rings. The van der Waals surface area contributed by atoms with Gasteiger partial charge < -0.3 is 9.64 Å². The summed E-state index contributed by atoms with van der Waals surface area (Å²) in [4.78, 5) is 23.2. The molecule has 1 aliphatic heterocycles. The molecule has 0 bridgehead atoms. The molecule has 0 spiro atoms. The number of ether oxygens (including phenoxy) is 1. The Morgan fingerprint density at radius 1 is 1.15 bits per heavy atom. The van der Waals surface area contributed by atoms with Crippen molar-refractivity contribution in [3.63, 3.8) is 0 Å². The summed E-state index contributed by atoms with van der Waals surface area (Å²) in [6.07, 6.45) is 5.29. The largest absolute Gasteiger partial charge is 0.488 e. The van der Waals surface area contributed by atoms with Gasteiger partial charge in [0.2, 0.25) is 0 Å². The number of carbonyl (C=O) groups is 1. The number of amides is 1. The van der Waals surface area contributed by atoms with Crippen molar-refractivity contribution in [3.8, 4) is 16.3 Å². The van der Waals surface area contributed by atoms with Crippen LogP contribution in [0.4, 0.5) is 0 Å². The van der Waals surface area contributed by atoms with E-state index in [-0.39, 0.29) is 12.0 Å². The lowest BCUT2D eigenvalue weighted by molar-refractivity contribution is 0.0533. The monoisotopic (exact) mass is 365 g/mol. The molecule has 0 saturated carbocycles. The topological polar surface area (TPSA) is 55.3 Å². The second-order valence-corrected chi connectivity index (χ2v) is 7.08. The summed E-state index contributed by atoms with van der Waals surface area (Å²) in [5, 5.41) is 2.72. The van der Waals surface area contributed by atoms with Crippen molar-refractivity contribution >= 4 is 17.2 Å². The third-order valence-corrected chi connectivity index (χ3v) is 5.25. The van der Waals surface area contributed by atoms with Gasteiger partial charge in [-0.05, 0) is 25.0 Å². The molecule has 4 rings (SSSR count). The number of pyridine rings is 1. The van der Waals surface area contributed by atoms with Crippen LogP contribution in [0.1, 0.15) is 23.3 Å². The van der Waals surface area contributed by atoms with Gasteiger partial charge in [0.15, 0.2) is 0 Å². The van der Waals surface area contributed by atoms with Crippen LogP contribution in [-0.2, 0) is 0 Å². The predicted octanol–water partition coefficient (Wildman–Crippen LogP) is 3.89. The minimum Gasteiger partial charge on any atom is -0.488 e. The summed E-state index contributed by atoms with van der Waals surface area (Å²) < 4.78 is 5.99. The second-order valence-electron chi connectivity index (χ2n) is 6.22. The maximum atomic E-state index is 12.8. The van der Waals surface area contributed by atoms with Crippen LogP contribution in [0.5, 0.6) is 5.75 Å². The van der Waals surface area contributed by atoms with Crippen molar-refractivity contribution in [2.24, 2.45) is 0 Å². The average molecular weight is 365 g/mol. The molecule has 1 saturated heterocycles. The molecule has 1 unspecified atom stereocenters. The molecule has 2 aromatic heterocycles. The molecular weight excluding hydrogens is 346 g/mol. The van der Waals surface area contributed by atoms with E-state index in [4.69, 9.17) is 4.74 Å². The second kappa shape index (κ2) is 7.66. The van der Waals surface area contributed by atoms with Crippen LogP contribution in [0.2, 0.25) is 0 Å². The van der Waals surface area contributed by atoms with E-state index in [0.717, 1.165) is 35.7 Å². The maximum Gasteiger partial charge on any atom is 0.273 e. The van der Waals surface area contributed by atoms with E-state index in [2.05, 4.69) is 9.97 Å². The molecule has 1 aromatic carbocycles. The van der Waals surface area contributed by atoms with Gasteiger partial charge in [0.05, 0.1) is 6.54 Å². The molecule has 26 heavy (non-hydrogen) atoms. The van der Waals surface area contributed by atoms with Crippen LogP contribution in [0.15, 0.2) is 60.2 Å². The minimum absolute atomic E-state index is 0.00216. The highest BCUT2D eigenvalue weighted by atomic mass is 32.1. The van der Waals surface area contributed by atoms with E-state index in [9.17, 15) is 4.79 Å². The SMILES string of the molecule is O=C(c1csc(-c2ccccc2)n1)N1CCCC(Oc2ccncc2)C1. The highest BCUT2D eigenvalue weighted by Crippen LogP contribution is 2.25. The zero-order valence-electron chi connectivity index (χ0n) is 14.2. The van der Waals surface area contributed by atoms with Crippen LogP contribution < -0.4 is 4.74 Å². The van der Waals surface area contributed by atoms with Crippen molar-refractivity contribution < 1.29 is 9.53 Å². The first-order valence-corrected chi connectivity index (χ1v) is 9.54. The molecule has 1 amide bonds. The lowest BCUT2D eigenvalue weighted by Gasteiger charge is -2.32. The first kappa shape index (κ1) is 16.7. The summed E-state index contributed by atoms with van der Waals surface area (Å²) in [6.45, 7) is 1.33. The fourth-order valence-corrected chi connectivity index (χ4v) is 3.88. The zero-order valence-corrected chi connectivity index (χ0v) is 15.1. The Morgan fingerprint density at radius 2 is 1.96 bits per heavy atom.